The Hall–Kier alpha value is -1.01. The molecule has 0 saturated heterocycles. The molecule has 1 aromatic heterocycles. The van der Waals surface area contributed by atoms with Crippen LogP contribution in [0, 0.1) is 5.92 Å². The molecule has 1 aliphatic carbocycles. The number of aromatic amines is 1. The van der Waals surface area contributed by atoms with Gasteiger partial charge in [-0.1, -0.05) is 36.0 Å². The lowest BCUT2D eigenvalue weighted by Crippen LogP contribution is -2.29. The van der Waals surface area contributed by atoms with Gasteiger partial charge in [-0.3, -0.25) is 0 Å². The fraction of sp³-hybridized carbons (Fsp3) is 0.533. The molecule has 22 heavy (non-hydrogen) atoms. The molecule has 1 aromatic carbocycles. The highest BCUT2D eigenvalue weighted by Gasteiger charge is 2.25. The van der Waals surface area contributed by atoms with E-state index in [1.807, 2.05) is 0 Å². The number of benzene rings is 1. The van der Waals surface area contributed by atoms with Crippen LogP contribution in [0.15, 0.2) is 6.07 Å². The van der Waals surface area contributed by atoms with E-state index in [9.17, 15) is 10.2 Å². The van der Waals surface area contributed by atoms with Crippen molar-refractivity contribution < 1.29 is 14.9 Å². The first-order valence-corrected chi connectivity index (χ1v) is 8.14. The summed E-state index contributed by atoms with van der Waals surface area (Å²) in [6.45, 7) is 0.169. The quantitative estimate of drug-likeness (QED) is 0.795. The smallest absolute Gasteiger partial charge is 0.167 e. The molecule has 0 spiro atoms. The maximum atomic E-state index is 10.0. The Morgan fingerprint density at radius 2 is 2.09 bits per heavy atom. The molecule has 0 radical (unpaired) electrons. The molecular formula is C15H18Cl2N2O3. The van der Waals surface area contributed by atoms with Crippen LogP contribution in [0.3, 0.4) is 0 Å². The Labute approximate surface area is 138 Å². The number of hydrogen-bond acceptors (Lipinski definition) is 4. The summed E-state index contributed by atoms with van der Waals surface area (Å²) in [7, 11) is 0. The van der Waals surface area contributed by atoms with Gasteiger partial charge in [0.05, 0.1) is 23.3 Å². The standard InChI is InChI=1S/C15H18Cl2N2O3/c16-9-5-10-14(19-12(6-20)18-10)15(13(9)17)22-7-8-3-1-2-4-11(8)21/h5,8,11,20-21H,1-4,6-7H2,(H,18,19). The molecule has 7 heteroatoms. The maximum Gasteiger partial charge on any atom is 0.167 e. The van der Waals surface area contributed by atoms with Crippen molar-refractivity contribution in [2.24, 2.45) is 5.92 Å². The number of halogens is 2. The van der Waals surface area contributed by atoms with Crippen molar-refractivity contribution in [3.63, 3.8) is 0 Å². The van der Waals surface area contributed by atoms with Crippen LogP contribution >= 0.6 is 23.2 Å². The van der Waals surface area contributed by atoms with Crippen LogP contribution in [0.4, 0.5) is 0 Å². The van der Waals surface area contributed by atoms with Gasteiger partial charge in [-0.05, 0) is 18.9 Å². The van der Waals surface area contributed by atoms with Crippen molar-refractivity contribution in [2.45, 2.75) is 38.4 Å². The Morgan fingerprint density at radius 3 is 2.82 bits per heavy atom. The zero-order valence-corrected chi connectivity index (χ0v) is 13.5. The Morgan fingerprint density at radius 1 is 1.32 bits per heavy atom. The molecule has 1 aliphatic rings. The number of fused-ring (bicyclic) bond motifs is 1. The minimum absolute atomic E-state index is 0.0927. The van der Waals surface area contributed by atoms with Gasteiger partial charge in [0.25, 0.3) is 0 Å². The number of aromatic nitrogens is 2. The number of aliphatic hydroxyl groups excluding tert-OH is 2. The van der Waals surface area contributed by atoms with Crippen molar-refractivity contribution in [3.05, 3.63) is 21.9 Å². The molecule has 0 bridgehead atoms. The molecule has 3 rings (SSSR count). The van der Waals surface area contributed by atoms with Gasteiger partial charge in [-0.15, -0.1) is 0 Å². The van der Waals surface area contributed by atoms with Crippen molar-refractivity contribution in [3.8, 4) is 5.75 Å². The first-order valence-electron chi connectivity index (χ1n) is 7.38. The van der Waals surface area contributed by atoms with E-state index in [0.29, 0.717) is 39.3 Å². The molecule has 0 aliphatic heterocycles. The number of H-pyrrole nitrogens is 1. The maximum absolute atomic E-state index is 10.0. The summed E-state index contributed by atoms with van der Waals surface area (Å²) < 4.78 is 5.86. The molecule has 0 amide bonds. The highest BCUT2D eigenvalue weighted by Crippen LogP contribution is 2.39. The summed E-state index contributed by atoms with van der Waals surface area (Å²) >= 11 is 12.4. The molecule has 1 fully saturated rings. The normalized spacial score (nSPS) is 22.2. The van der Waals surface area contributed by atoms with Gasteiger partial charge in [0.1, 0.15) is 23.0 Å². The zero-order valence-electron chi connectivity index (χ0n) is 12.0. The summed E-state index contributed by atoms with van der Waals surface area (Å²) in [6, 6.07) is 1.66. The molecule has 2 atom stereocenters. The van der Waals surface area contributed by atoms with E-state index in [1.54, 1.807) is 6.07 Å². The lowest BCUT2D eigenvalue weighted by Gasteiger charge is -2.27. The SMILES string of the molecule is OCc1nc2c(OCC3CCCCC3O)c(Cl)c(Cl)cc2[nH]1. The lowest BCUT2D eigenvalue weighted by atomic mass is 9.87. The average molecular weight is 345 g/mol. The van der Waals surface area contributed by atoms with Gasteiger partial charge in [0.2, 0.25) is 0 Å². The molecule has 1 saturated carbocycles. The van der Waals surface area contributed by atoms with Gasteiger partial charge in [0, 0.05) is 5.92 Å². The fourth-order valence-electron chi connectivity index (χ4n) is 2.90. The van der Waals surface area contributed by atoms with E-state index >= 15 is 0 Å². The number of ether oxygens (including phenoxy) is 1. The van der Waals surface area contributed by atoms with Crippen LogP contribution in [0.1, 0.15) is 31.5 Å². The molecule has 3 N–H and O–H groups in total. The van der Waals surface area contributed by atoms with E-state index in [1.165, 1.54) is 0 Å². The van der Waals surface area contributed by atoms with Crippen LogP contribution < -0.4 is 4.74 Å². The summed E-state index contributed by atoms with van der Waals surface area (Å²) in [5.74, 6) is 0.920. The summed E-state index contributed by atoms with van der Waals surface area (Å²) in [5.41, 5.74) is 1.21. The zero-order chi connectivity index (χ0) is 15.7. The van der Waals surface area contributed by atoms with Gasteiger partial charge in [-0.2, -0.15) is 0 Å². The Balaban J connectivity index is 1.88. The van der Waals surface area contributed by atoms with Gasteiger partial charge in [-0.25, -0.2) is 4.98 Å². The number of nitrogens with one attached hydrogen (secondary N) is 1. The number of imidazole rings is 1. The van der Waals surface area contributed by atoms with E-state index in [0.717, 1.165) is 25.7 Å². The number of nitrogens with zero attached hydrogens (tertiary/aromatic N) is 1. The molecule has 2 aromatic rings. The molecule has 5 nitrogen and oxygen atoms in total. The lowest BCUT2D eigenvalue weighted by molar-refractivity contribution is 0.0425. The predicted octanol–water partition coefficient (Wildman–Crippen LogP) is 3.29. The minimum Gasteiger partial charge on any atom is -0.489 e. The second-order valence-electron chi connectivity index (χ2n) is 5.66. The number of hydrogen-bond donors (Lipinski definition) is 3. The minimum atomic E-state index is -0.339. The van der Waals surface area contributed by atoms with Gasteiger partial charge in [0.15, 0.2) is 5.75 Å². The van der Waals surface area contributed by atoms with Crippen LogP contribution in [0.2, 0.25) is 10.0 Å². The summed E-state index contributed by atoms with van der Waals surface area (Å²) in [6.07, 6.45) is 3.56. The van der Waals surface area contributed by atoms with Crippen molar-refractivity contribution in [2.75, 3.05) is 6.61 Å². The van der Waals surface area contributed by atoms with Crippen molar-refractivity contribution >= 4 is 34.2 Å². The third-order valence-corrected chi connectivity index (χ3v) is 4.91. The monoisotopic (exact) mass is 344 g/mol. The molecule has 120 valence electrons. The van der Waals surface area contributed by atoms with Crippen LogP contribution in [-0.4, -0.2) is 32.9 Å². The van der Waals surface area contributed by atoms with E-state index < -0.39 is 0 Å². The highest BCUT2D eigenvalue weighted by molar-refractivity contribution is 6.44. The molecule has 2 unspecified atom stereocenters. The predicted molar refractivity (Wildman–Crippen MR) is 85.5 cm³/mol. The van der Waals surface area contributed by atoms with E-state index in [2.05, 4.69) is 9.97 Å². The largest absolute Gasteiger partial charge is 0.489 e. The first-order chi connectivity index (χ1) is 10.6. The van der Waals surface area contributed by atoms with Crippen molar-refractivity contribution in [1.82, 2.24) is 9.97 Å². The van der Waals surface area contributed by atoms with Gasteiger partial charge < -0.3 is 19.9 Å². The first kappa shape index (κ1) is 15.9. The van der Waals surface area contributed by atoms with Crippen LogP contribution in [0.25, 0.3) is 11.0 Å². The van der Waals surface area contributed by atoms with Crippen LogP contribution in [-0.2, 0) is 6.61 Å². The van der Waals surface area contributed by atoms with Crippen molar-refractivity contribution in [1.29, 1.82) is 0 Å². The second kappa shape index (κ2) is 6.62. The summed E-state index contributed by atoms with van der Waals surface area (Å²) in [5, 5.41) is 19.9. The Kier molecular flexibility index (Phi) is 4.78. The molecular weight excluding hydrogens is 327 g/mol. The number of aliphatic hydroxyl groups is 2. The summed E-state index contributed by atoms with van der Waals surface area (Å²) in [4.78, 5) is 7.25. The van der Waals surface area contributed by atoms with Crippen LogP contribution in [0.5, 0.6) is 5.75 Å². The number of rotatable bonds is 4. The molecule has 1 heterocycles. The van der Waals surface area contributed by atoms with Gasteiger partial charge >= 0.3 is 0 Å². The Bertz CT molecular complexity index is 674. The second-order valence-corrected chi connectivity index (χ2v) is 6.45. The average Bonchev–Trinajstić information content (AvgIpc) is 2.92. The highest BCUT2D eigenvalue weighted by atomic mass is 35.5. The fourth-order valence-corrected chi connectivity index (χ4v) is 3.29. The third kappa shape index (κ3) is 3.04. The van der Waals surface area contributed by atoms with E-state index in [-0.39, 0.29) is 18.6 Å². The topological polar surface area (TPSA) is 78.4 Å². The third-order valence-electron chi connectivity index (χ3n) is 4.14. The van der Waals surface area contributed by atoms with E-state index in [4.69, 9.17) is 27.9 Å².